The van der Waals surface area contributed by atoms with Gasteiger partial charge in [0.25, 0.3) is 11.8 Å². The Morgan fingerprint density at radius 2 is 1.60 bits per heavy atom. The van der Waals surface area contributed by atoms with Crippen molar-refractivity contribution in [2.45, 2.75) is 88.0 Å². The van der Waals surface area contributed by atoms with Gasteiger partial charge in [0.1, 0.15) is 11.6 Å². The highest BCUT2D eigenvalue weighted by atomic mass is 32.1. The summed E-state index contributed by atoms with van der Waals surface area (Å²) < 4.78 is 0. The highest BCUT2D eigenvalue weighted by Gasteiger charge is 2.43. The third-order valence-electron chi connectivity index (χ3n) is 7.61. The maximum Gasteiger partial charge on any atom is 0.290 e. The number of carbonyl (C=O) groups excluding carboxylic acids is 3. The molecule has 1 aromatic carbocycles. The van der Waals surface area contributed by atoms with Gasteiger partial charge in [0.2, 0.25) is 5.91 Å². The third kappa shape index (κ3) is 7.07. The number of carbonyl (C=O) groups is 3. The Balaban J connectivity index is 2.30. The number of hydrogen-bond donors (Lipinski definition) is 0. The Hall–Kier alpha value is -3.77. The lowest BCUT2D eigenvalue weighted by Gasteiger charge is -2.38. The fourth-order valence-corrected chi connectivity index (χ4v) is 6.17. The van der Waals surface area contributed by atoms with E-state index in [2.05, 4.69) is 18.7 Å². The molecule has 230 valence electrons. The zero-order chi connectivity index (χ0) is 32.1. The Morgan fingerprint density at radius 1 is 1.02 bits per heavy atom. The van der Waals surface area contributed by atoms with Crippen LogP contribution < -0.4 is 4.90 Å². The highest BCUT2D eigenvalue weighted by molar-refractivity contribution is 7.17. The summed E-state index contributed by atoms with van der Waals surface area (Å²) in [6.45, 7) is 18.8. The number of rotatable bonds is 11. The van der Waals surface area contributed by atoms with Crippen LogP contribution in [-0.2, 0) is 14.4 Å². The van der Waals surface area contributed by atoms with Gasteiger partial charge in [-0.05, 0) is 63.3 Å². The molecule has 0 unspecified atom stereocenters. The molecule has 0 bridgehead atoms. The Labute approximate surface area is 260 Å². The first kappa shape index (κ1) is 33.7. The molecule has 1 aliphatic heterocycles. The molecule has 9 heteroatoms. The number of nitriles is 1. The molecule has 2 aromatic rings. The average molecular weight is 604 g/mol. The zero-order valence-corrected chi connectivity index (χ0v) is 27.9. The van der Waals surface area contributed by atoms with Gasteiger partial charge in [-0.25, -0.2) is 9.99 Å². The van der Waals surface area contributed by atoms with Crippen molar-refractivity contribution in [3.8, 4) is 17.3 Å². The number of thiazole rings is 1. The number of amides is 3. The van der Waals surface area contributed by atoms with Gasteiger partial charge in [-0.2, -0.15) is 10.3 Å². The number of imide groups is 1. The van der Waals surface area contributed by atoms with Gasteiger partial charge >= 0.3 is 0 Å². The summed E-state index contributed by atoms with van der Waals surface area (Å²) in [5.74, 6) is -1.80. The van der Waals surface area contributed by atoms with Crippen molar-refractivity contribution in [1.29, 1.82) is 5.26 Å². The van der Waals surface area contributed by atoms with Crippen LogP contribution in [0.5, 0.6) is 0 Å². The molecule has 0 spiro atoms. The van der Waals surface area contributed by atoms with Gasteiger partial charge in [0, 0.05) is 36.2 Å². The molecule has 3 amide bonds. The van der Waals surface area contributed by atoms with E-state index in [-0.39, 0.29) is 23.6 Å². The molecule has 1 aliphatic rings. The van der Waals surface area contributed by atoms with Gasteiger partial charge < -0.3 is 4.90 Å². The van der Waals surface area contributed by atoms with Gasteiger partial charge in [-0.3, -0.25) is 14.4 Å². The summed E-state index contributed by atoms with van der Waals surface area (Å²) in [5, 5.41) is 12.9. The normalized spacial score (nSPS) is 14.9. The molecule has 0 radical (unpaired) electrons. The predicted octanol–water partition coefficient (Wildman–Crippen LogP) is 7.24. The maximum atomic E-state index is 14.1. The van der Waals surface area contributed by atoms with E-state index in [1.807, 2.05) is 38.1 Å². The fourth-order valence-electron chi connectivity index (χ4n) is 5.10. The van der Waals surface area contributed by atoms with Crippen LogP contribution in [0, 0.1) is 30.6 Å². The topological polar surface area (TPSA) is 97.6 Å². The predicted molar refractivity (Wildman–Crippen MR) is 174 cm³/mol. The Bertz CT molecular complexity index is 1460. The quantitative estimate of drug-likeness (QED) is 0.198. The van der Waals surface area contributed by atoms with Crippen LogP contribution in [0.2, 0.25) is 0 Å². The molecule has 8 nitrogen and oxygen atoms in total. The van der Waals surface area contributed by atoms with Crippen molar-refractivity contribution >= 4 is 40.3 Å². The van der Waals surface area contributed by atoms with E-state index in [4.69, 9.17) is 4.98 Å². The maximum absolute atomic E-state index is 14.1. The molecule has 0 saturated heterocycles. The highest BCUT2D eigenvalue weighted by Crippen LogP contribution is 2.40. The molecule has 0 atom stereocenters. The van der Waals surface area contributed by atoms with E-state index in [9.17, 15) is 19.6 Å². The van der Waals surface area contributed by atoms with Crippen molar-refractivity contribution in [2.24, 2.45) is 5.41 Å². The Morgan fingerprint density at radius 3 is 2.09 bits per heavy atom. The molecule has 0 N–H and O–H groups in total. The van der Waals surface area contributed by atoms with Crippen molar-refractivity contribution < 1.29 is 14.4 Å². The molecular formula is C34H45N5O3S. The summed E-state index contributed by atoms with van der Waals surface area (Å²) in [7, 11) is 0. The van der Waals surface area contributed by atoms with E-state index in [1.54, 1.807) is 40.7 Å². The smallest absolute Gasteiger partial charge is 0.290 e. The minimum Gasteiger partial charge on any atom is -0.348 e. The molecule has 1 aromatic heterocycles. The van der Waals surface area contributed by atoms with E-state index in [0.29, 0.717) is 5.57 Å². The van der Waals surface area contributed by atoms with E-state index in [1.165, 1.54) is 11.3 Å². The summed E-state index contributed by atoms with van der Waals surface area (Å²) in [4.78, 5) is 49.2. The molecule has 0 aliphatic carbocycles. The molecule has 2 heterocycles. The summed E-state index contributed by atoms with van der Waals surface area (Å²) in [6.07, 6.45) is 5.96. The van der Waals surface area contributed by atoms with Crippen molar-refractivity contribution in [3.05, 3.63) is 50.9 Å². The van der Waals surface area contributed by atoms with Crippen LogP contribution >= 0.6 is 11.3 Å². The van der Waals surface area contributed by atoms with E-state index < -0.39 is 17.2 Å². The largest absolute Gasteiger partial charge is 0.348 e. The number of hydrazine groups is 1. The number of hydrogen-bond acceptors (Lipinski definition) is 7. The molecule has 0 fully saturated rings. The van der Waals surface area contributed by atoms with Crippen molar-refractivity contribution in [3.63, 3.8) is 0 Å². The van der Waals surface area contributed by atoms with Crippen LogP contribution in [0.1, 0.15) is 90.2 Å². The van der Waals surface area contributed by atoms with Crippen LogP contribution in [0.4, 0.5) is 5.13 Å². The van der Waals surface area contributed by atoms with Gasteiger partial charge in [0.05, 0.1) is 10.6 Å². The van der Waals surface area contributed by atoms with Crippen LogP contribution in [-0.4, -0.2) is 52.4 Å². The molecule has 43 heavy (non-hydrogen) atoms. The van der Waals surface area contributed by atoms with Crippen LogP contribution in [0.15, 0.2) is 34.9 Å². The number of unbranched alkanes of at least 4 members (excludes halogenated alkanes) is 2. The second-order valence-corrected chi connectivity index (χ2v) is 13.0. The fraction of sp³-hybridized carbons (Fsp3) is 0.500. The summed E-state index contributed by atoms with van der Waals surface area (Å²) in [6, 6.07) is 8.11. The second kappa shape index (κ2) is 14.1. The monoisotopic (exact) mass is 603 g/mol. The molecular weight excluding hydrogens is 558 g/mol. The van der Waals surface area contributed by atoms with Crippen molar-refractivity contribution in [2.75, 3.05) is 24.5 Å². The molecule has 0 saturated carbocycles. The first-order chi connectivity index (χ1) is 20.3. The summed E-state index contributed by atoms with van der Waals surface area (Å²) in [5.41, 5.74) is 3.39. The lowest BCUT2D eigenvalue weighted by atomic mass is 9.93. The van der Waals surface area contributed by atoms with Crippen LogP contribution in [0.3, 0.4) is 0 Å². The SMILES string of the molecule is CCCCN(CCCC)c1nc(-c2c(C)cccc2C)c(/C=C2\C(=O)N(N(CC)C(=O)C(C)(C)C)C(=O)C(C#N)=C2C)s1. The zero-order valence-electron chi connectivity index (χ0n) is 27.1. The van der Waals surface area contributed by atoms with Gasteiger partial charge in [-0.15, -0.1) is 0 Å². The second-order valence-electron chi connectivity index (χ2n) is 12.0. The van der Waals surface area contributed by atoms with Crippen LogP contribution in [0.25, 0.3) is 17.3 Å². The number of aryl methyl sites for hydroxylation is 2. The third-order valence-corrected chi connectivity index (χ3v) is 8.67. The first-order valence-corrected chi connectivity index (χ1v) is 16.0. The minimum absolute atomic E-state index is 0.0980. The molecule has 3 rings (SSSR count). The lowest BCUT2D eigenvalue weighted by molar-refractivity contribution is -0.173. The number of anilines is 1. The standard InChI is InChI=1S/C34H45N5O3S/c1-10-13-18-37(19-14-11-2)33-36-29(28-22(4)16-15-17-23(28)5)27(43-33)20-25-24(6)26(21-35)31(41)39(30(25)40)38(12-3)32(42)34(7,8)9/h15-17,20H,10-14,18-19H2,1-9H3/b25-20-. The lowest BCUT2D eigenvalue weighted by Crippen LogP contribution is -2.57. The first-order valence-electron chi connectivity index (χ1n) is 15.2. The Kier molecular flexibility index (Phi) is 11.1. The van der Waals surface area contributed by atoms with Gasteiger partial charge in [0.15, 0.2) is 5.13 Å². The number of nitrogens with zero attached hydrogens (tertiary/aromatic N) is 5. The minimum atomic E-state index is -0.841. The number of benzene rings is 1. The average Bonchev–Trinajstić information content (AvgIpc) is 3.35. The number of aromatic nitrogens is 1. The van der Waals surface area contributed by atoms with E-state index >= 15 is 0 Å². The van der Waals surface area contributed by atoms with E-state index in [0.717, 1.165) is 81.2 Å². The van der Waals surface area contributed by atoms with Crippen molar-refractivity contribution in [1.82, 2.24) is 15.0 Å². The summed E-state index contributed by atoms with van der Waals surface area (Å²) >= 11 is 1.51. The van der Waals surface area contributed by atoms with Gasteiger partial charge in [-0.1, -0.05) is 77.0 Å².